The molecule has 0 aliphatic heterocycles. The Kier molecular flexibility index (Phi) is 14.9. The molecule has 0 saturated heterocycles. The molecule has 0 aliphatic rings. The zero-order valence-electron chi connectivity index (χ0n) is 40.6. The number of hydrogen-bond donors (Lipinski definition) is 1. The van der Waals surface area contributed by atoms with Crippen molar-refractivity contribution in [1.29, 1.82) is 10.5 Å². The van der Waals surface area contributed by atoms with Gasteiger partial charge in [-0.15, -0.1) is 0 Å². The van der Waals surface area contributed by atoms with Crippen molar-refractivity contribution in [2.75, 3.05) is 6.54 Å². The van der Waals surface area contributed by atoms with Gasteiger partial charge in [-0.3, -0.25) is 4.90 Å². The Bertz CT molecular complexity index is 3760. The maximum absolute atomic E-state index is 17.1. The lowest BCUT2D eigenvalue weighted by molar-refractivity contribution is 0.185. The van der Waals surface area contributed by atoms with Crippen LogP contribution >= 0.6 is 0 Å². The number of nitriles is 2. The summed E-state index contributed by atoms with van der Waals surface area (Å²) in [5.74, 6) is -9.43. The molecule has 0 spiro atoms. The van der Waals surface area contributed by atoms with E-state index in [9.17, 15) is 22.8 Å². The van der Waals surface area contributed by atoms with E-state index in [0.717, 1.165) is 34.2 Å². The van der Waals surface area contributed by atoms with E-state index in [-0.39, 0.29) is 11.4 Å². The first-order chi connectivity index (χ1) is 35.7. The highest BCUT2D eigenvalue weighted by atomic mass is 19.2. The number of hydrogen-bond acceptors (Lipinski definition) is 3. The number of para-hydroxylation sites is 6. The SMILES string of the molecule is CCN(C(C)C)C(C)C.[C-]#[N+]c1c(F)c(C#N)c(-n2c3ccccc3c3ccccc32)c(F)c1-n1c2ccccc2c2ccccc21.[C-]#[N+]c1c(F)c(F)c(F)c(C#N)c1F.c1ccc2c(c1)[nH]c1ccccc12. The Morgan fingerprint density at radius 3 is 1.16 bits per heavy atom. The zero-order valence-corrected chi connectivity index (χ0v) is 40.6. The fraction of sp³-hybridized carbons (Fsp3) is 0.133. The molecule has 3 aromatic heterocycles. The molecule has 0 unspecified atom stereocenters. The van der Waals surface area contributed by atoms with E-state index in [4.69, 9.17) is 18.4 Å². The Morgan fingerprint density at radius 1 is 0.459 bits per heavy atom. The molecule has 14 heteroatoms. The van der Waals surface area contributed by atoms with Gasteiger partial charge in [-0.05, 0) is 70.6 Å². The van der Waals surface area contributed by atoms with Crippen LogP contribution in [0.1, 0.15) is 45.7 Å². The van der Waals surface area contributed by atoms with Crippen LogP contribution in [0.4, 0.5) is 37.7 Å². The third-order valence-electron chi connectivity index (χ3n) is 12.7. The van der Waals surface area contributed by atoms with Gasteiger partial charge in [-0.2, -0.15) is 10.5 Å². The first kappa shape index (κ1) is 51.0. The summed E-state index contributed by atoms with van der Waals surface area (Å²) in [6, 6.07) is 50.7. The van der Waals surface area contributed by atoms with Gasteiger partial charge >= 0.3 is 0 Å². The van der Waals surface area contributed by atoms with E-state index in [2.05, 4.69) is 103 Å². The van der Waals surface area contributed by atoms with Crippen LogP contribution in [0.2, 0.25) is 0 Å². The van der Waals surface area contributed by atoms with Crippen LogP contribution in [-0.4, -0.2) is 37.6 Å². The second-order valence-electron chi connectivity index (χ2n) is 17.4. The summed E-state index contributed by atoms with van der Waals surface area (Å²) in [5.41, 5.74) is 0.865. The number of aromatic amines is 1. The summed E-state index contributed by atoms with van der Waals surface area (Å²) in [7, 11) is 0. The van der Waals surface area contributed by atoms with Crippen molar-refractivity contribution in [3.05, 3.63) is 214 Å². The number of nitrogens with one attached hydrogen (secondary N) is 1. The van der Waals surface area contributed by atoms with Gasteiger partial charge in [-0.1, -0.05) is 116 Å². The average Bonchev–Trinajstić information content (AvgIpc) is 4.08. The smallest absolute Gasteiger partial charge is 0.261 e. The molecule has 11 rings (SSSR count). The molecule has 0 bridgehead atoms. The molecule has 8 nitrogen and oxygen atoms in total. The Balaban J connectivity index is 0.000000164. The number of nitrogens with zero attached hydrogens (tertiary/aromatic N) is 7. The molecule has 366 valence electrons. The largest absolute Gasteiger partial charge is 0.355 e. The predicted molar refractivity (Wildman–Crippen MR) is 282 cm³/mol. The second-order valence-corrected chi connectivity index (χ2v) is 17.4. The molecule has 0 atom stereocenters. The lowest BCUT2D eigenvalue weighted by Gasteiger charge is -2.28. The minimum atomic E-state index is -2.02. The lowest BCUT2D eigenvalue weighted by Crippen LogP contribution is -2.36. The monoisotopic (exact) mass is 990 g/mol. The summed E-state index contributed by atoms with van der Waals surface area (Å²) in [6.45, 7) is 26.4. The van der Waals surface area contributed by atoms with E-state index in [1.54, 1.807) is 9.13 Å². The molecule has 0 amide bonds. The Hall–Kier alpha value is -9.34. The fourth-order valence-corrected chi connectivity index (χ4v) is 9.54. The average molecular weight is 991 g/mol. The van der Waals surface area contributed by atoms with Gasteiger partial charge < -0.3 is 14.1 Å². The second kappa shape index (κ2) is 21.6. The first-order valence-corrected chi connectivity index (χ1v) is 23.4. The van der Waals surface area contributed by atoms with Gasteiger partial charge in [0.2, 0.25) is 5.69 Å². The normalized spacial score (nSPS) is 11.0. The van der Waals surface area contributed by atoms with Gasteiger partial charge in [0.05, 0.1) is 40.9 Å². The van der Waals surface area contributed by atoms with Crippen molar-refractivity contribution >= 4 is 76.8 Å². The summed E-state index contributed by atoms with van der Waals surface area (Å²) < 4.78 is 87.2. The third-order valence-corrected chi connectivity index (χ3v) is 12.7. The van der Waals surface area contributed by atoms with Gasteiger partial charge in [0.25, 0.3) is 5.69 Å². The quantitative estimate of drug-likeness (QED) is 0.0807. The molecule has 1 N–H and O–H groups in total. The maximum atomic E-state index is 17.1. The van der Waals surface area contributed by atoms with Crippen LogP contribution in [0.3, 0.4) is 0 Å². The van der Waals surface area contributed by atoms with Crippen LogP contribution in [0.25, 0.3) is 86.5 Å². The standard InChI is InChI=1S/C32H16F2N4.C12H9N.C8F4N2.C8H19N/c1-36-30-28(33)23(18-35)31(37-24-14-6-2-10-19(24)20-11-3-7-15-25(20)37)29(34)32(30)38-26-16-8-4-12-21(26)22-13-5-9-17-27(22)38;1-3-7-11-9(5-1)10-6-2-4-8-12(10)13-11;1-14-8-5(10)3(2-13)4(9)6(11)7(8)12;1-6-9(7(2)3)8(4)5/h2-17H;1-8,13H;;7-8H,6H2,1-5H3. The van der Waals surface area contributed by atoms with E-state index in [1.807, 2.05) is 103 Å². The fourth-order valence-electron chi connectivity index (χ4n) is 9.54. The lowest BCUT2D eigenvalue weighted by atomic mass is 10.1. The maximum Gasteiger partial charge on any atom is 0.261 e. The van der Waals surface area contributed by atoms with Crippen LogP contribution in [0, 0.1) is 70.7 Å². The molecule has 3 heterocycles. The topological polar surface area (TPSA) is 85.2 Å². The van der Waals surface area contributed by atoms with Gasteiger partial charge in [0.1, 0.15) is 29.0 Å². The molecule has 0 saturated carbocycles. The molecule has 74 heavy (non-hydrogen) atoms. The molecular weight excluding hydrogens is 947 g/mol. The van der Waals surface area contributed by atoms with Gasteiger partial charge in [0.15, 0.2) is 34.9 Å². The van der Waals surface area contributed by atoms with Gasteiger partial charge in [0, 0.05) is 55.4 Å². The highest BCUT2D eigenvalue weighted by molar-refractivity contribution is 6.11. The summed E-state index contributed by atoms with van der Waals surface area (Å²) in [5, 5.41) is 24.3. The van der Waals surface area contributed by atoms with E-state index in [0.29, 0.717) is 34.2 Å². The number of halogens is 6. The predicted octanol–water partition coefficient (Wildman–Crippen LogP) is 16.7. The van der Waals surface area contributed by atoms with Crippen LogP contribution < -0.4 is 0 Å². The number of H-pyrrole nitrogens is 1. The molecule has 0 radical (unpaired) electrons. The van der Waals surface area contributed by atoms with Crippen molar-refractivity contribution in [1.82, 2.24) is 19.0 Å². The summed E-state index contributed by atoms with van der Waals surface area (Å²) in [6.07, 6.45) is 0. The zero-order chi connectivity index (χ0) is 53.0. The van der Waals surface area contributed by atoms with Gasteiger partial charge in [-0.25, -0.2) is 36.0 Å². The van der Waals surface area contributed by atoms with E-state index in [1.165, 1.54) is 21.8 Å². The number of aromatic nitrogens is 3. The van der Waals surface area contributed by atoms with Crippen molar-refractivity contribution in [3.63, 3.8) is 0 Å². The van der Waals surface area contributed by atoms with Crippen LogP contribution in [0.15, 0.2) is 146 Å². The molecule has 8 aromatic carbocycles. The first-order valence-electron chi connectivity index (χ1n) is 23.4. The van der Waals surface area contributed by atoms with Crippen LogP contribution in [0.5, 0.6) is 0 Å². The minimum Gasteiger partial charge on any atom is -0.355 e. The van der Waals surface area contributed by atoms with Crippen molar-refractivity contribution in [2.24, 2.45) is 0 Å². The van der Waals surface area contributed by atoms with Crippen LogP contribution in [-0.2, 0) is 0 Å². The Morgan fingerprint density at radius 2 is 0.811 bits per heavy atom. The summed E-state index contributed by atoms with van der Waals surface area (Å²) in [4.78, 5) is 11.6. The minimum absolute atomic E-state index is 0.216. The third kappa shape index (κ3) is 9.00. The van der Waals surface area contributed by atoms with Crippen molar-refractivity contribution in [3.8, 4) is 23.5 Å². The van der Waals surface area contributed by atoms with E-state index >= 15 is 8.78 Å². The number of rotatable bonds is 5. The molecule has 0 aliphatic carbocycles. The summed E-state index contributed by atoms with van der Waals surface area (Å²) >= 11 is 0. The van der Waals surface area contributed by atoms with Crippen molar-refractivity contribution in [2.45, 2.75) is 46.7 Å². The van der Waals surface area contributed by atoms with Crippen molar-refractivity contribution < 1.29 is 26.3 Å². The Labute approximate surface area is 422 Å². The molecule has 11 aromatic rings. The number of fused-ring (bicyclic) bond motifs is 9. The molecular formula is C60H44F6N8. The van der Waals surface area contributed by atoms with E-state index < -0.39 is 57.4 Å². The number of benzene rings is 8. The highest BCUT2D eigenvalue weighted by Gasteiger charge is 2.31. The highest BCUT2D eigenvalue weighted by Crippen LogP contribution is 2.44. The molecule has 0 fully saturated rings.